The van der Waals surface area contributed by atoms with E-state index in [0.717, 1.165) is 6.07 Å². The van der Waals surface area contributed by atoms with Gasteiger partial charge in [-0.2, -0.15) is 0 Å². The molecule has 1 aromatic heterocycles. The molecule has 0 radical (unpaired) electrons. The highest BCUT2D eigenvalue weighted by Crippen LogP contribution is 2.47. The van der Waals surface area contributed by atoms with Crippen LogP contribution in [0.15, 0.2) is 60.8 Å². The minimum atomic E-state index is -1.32. The van der Waals surface area contributed by atoms with Crippen molar-refractivity contribution < 1.29 is 27.9 Å². The molecule has 10 heteroatoms. The quantitative estimate of drug-likeness (QED) is 0.473. The molecule has 3 aromatic rings. The van der Waals surface area contributed by atoms with Crippen LogP contribution in [-0.4, -0.2) is 22.7 Å². The number of anilines is 2. The van der Waals surface area contributed by atoms with Crippen LogP contribution < -0.4 is 21.1 Å². The number of primary amides is 1. The Morgan fingerprint density at radius 1 is 0.909 bits per heavy atom. The molecule has 8 nitrogen and oxygen atoms in total. The number of amides is 3. The van der Waals surface area contributed by atoms with Crippen LogP contribution in [0.25, 0.3) is 0 Å². The second kappa shape index (κ2) is 8.65. The summed E-state index contributed by atoms with van der Waals surface area (Å²) in [5.41, 5.74) is 4.07. The first kappa shape index (κ1) is 21.9. The van der Waals surface area contributed by atoms with Gasteiger partial charge in [0.25, 0.3) is 5.91 Å². The standard InChI is InChI=1S/C23H18F2N4O4/c24-13-1-3-14(4-2-13)28-21(31)23(8-9-23)22(32)29-18-6-5-15(11-17(18)25)33-16-7-10-27-19(12-16)20(26)30/h1-7,10-12H,8-9H2,(H2,26,30)(H,28,31)(H,29,32). The van der Waals surface area contributed by atoms with Crippen molar-refractivity contribution in [2.24, 2.45) is 11.1 Å². The number of nitrogens with two attached hydrogens (primary N) is 1. The van der Waals surface area contributed by atoms with Gasteiger partial charge in [-0.25, -0.2) is 8.78 Å². The maximum Gasteiger partial charge on any atom is 0.267 e. The largest absolute Gasteiger partial charge is 0.457 e. The highest BCUT2D eigenvalue weighted by Gasteiger charge is 2.56. The molecule has 4 rings (SSSR count). The first-order valence-corrected chi connectivity index (χ1v) is 9.88. The number of nitrogens with one attached hydrogen (secondary N) is 2. The normalized spacial score (nSPS) is 13.6. The van der Waals surface area contributed by atoms with E-state index < -0.39 is 34.8 Å². The molecule has 33 heavy (non-hydrogen) atoms. The topological polar surface area (TPSA) is 123 Å². The average molecular weight is 452 g/mol. The molecule has 0 atom stereocenters. The summed E-state index contributed by atoms with van der Waals surface area (Å²) < 4.78 is 33.1. The Morgan fingerprint density at radius 3 is 2.21 bits per heavy atom. The van der Waals surface area contributed by atoms with Crippen molar-refractivity contribution >= 4 is 29.1 Å². The lowest BCUT2D eigenvalue weighted by molar-refractivity contribution is -0.131. The maximum atomic E-state index is 14.6. The summed E-state index contributed by atoms with van der Waals surface area (Å²) in [6.07, 6.45) is 1.93. The van der Waals surface area contributed by atoms with E-state index in [0.29, 0.717) is 18.5 Å². The molecule has 0 spiro atoms. The van der Waals surface area contributed by atoms with Crippen molar-refractivity contribution in [2.45, 2.75) is 12.8 Å². The molecule has 168 valence electrons. The van der Waals surface area contributed by atoms with Crippen molar-refractivity contribution in [1.29, 1.82) is 0 Å². The highest BCUT2D eigenvalue weighted by molar-refractivity contribution is 6.16. The number of carbonyl (C=O) groups excluding carboxylic acids is 3. The van der Waals surface area contributed by atoms with Crippen LogP contribution in [0.5, 0.6) is 11.5 Å². The second-order valence-corrected chi connectivity index (χ2v) is 7.48. The fourth-order valence-corrected chi connectivity index (χ4v) is 3.11. The molecule has 3 amide bonds. The lowest BCUT2D eigenvalue weighted by Crippen LogP contribution is -2.35. The van der Waals surface area contributed by atoms with Crippen molar-refractivity contribution in [3.63, 3.8) is 0 Å². The van der Waals surface area contributed by atoms with Gasteiger partial charge in [0, 0.05) is 24.0 Å². The number of benzene rings is 2. The molecule has 0 aliphatic heterocycles. The van der Waals surface area contributed by atoms with E-state index in [9.17, 15) is 23.2 Å². The summed E-state index contributed by atoms with van der Waals surface area (Å²) >= 11 is 0. The number of aromatic nitrogens is 1. The average Bonchev–Trinajstić information content (AvgIpc) is 3.60. The van der Waals surface area contributed by atoms with Crippen LogP contribution in [-0.2, 0) is 9.59 Å². The molecule has 4 N–H and O–H groups in total. The van der Waals surface area contributed by atoms with E-state index in [1.54, 1.807) is 0 Å². The van der Waals surface area contributed by atoms with Crippen LogP contribution in [0.4, 0.5) is 20.2 Å². The number of hydrogen-bond donors (Lipinski definition) is 3. The monoisotopic (exact) mass is 452 g/mol. The van der Waals surface area contributed by atoms with Gasteiger partial charge in [0.2, 0.25) is 11.8 Å². The van der Waals surface area contributed by atoms with Crippen LogP contribution in [0.1, 0.15) is 23.3 Å². The van der Waals surface area contributed by atoms with Gasteiger partial charge in [-0.3, -0.25) is 19.4 Å². The SMILES string of the molecule is NC(=O)c1cc(Oc2ccc(NC(=O)C3(C(=O)Nc4ccc(F)cc4)CC3)c(F)c2)ccn1. The summed E-state index contributed by atoms with van der Waals surface area (Å²) in [4.78, 5) is 40.4. The van der Waals surface area contributed by atoms with Crippen LogP contribution >= 0.6 is 0 Å². The number of pyridine rings is 1. The minimum absolute atomic E-state index is 0.00880. The van der Waals surface area contributed by atoms with E-state index in [1.807, 2.05) is 0 Å². The van der Waals surface area contributed by atoms with Gasteiger partial charge in [0.05, 0.1) is 5.69 Å². The molecule has 1 saturated carbocycles. The molecule has 0 bridgehead atoms. The molecule has 1 fully saturated rings. The Kier molecular flexibility index (Phi) is 5.74. The number of halogens is 2. The number of hydrogen-bond acceptors (Lipinski definition) is 5. The molecule has 1 heterocycles. The van der Waals surface area contributed by atoms with Crippen molar-refractivity contribution in [1.82, 2.24) is 4.98 Å². The van der Waals surface area contributed by atoms with E-state index in [1.165, 1.54) is 54.7 Å². The second-order valence-electron chi connectivity index (χ2n) is 7.48. The third kappa shape index (κ3) is 4.79. The maximum absolute atomic E-state index is 14.6. The number of nitrogens with zero attached hydrogens (tertiary/aromatic N) is 1. The lowest BCUT2D eigenvalue weighted by atomic mass is 10.0. The molecule has 0 saturated heterocycles. The smallest absolute Gasteiger partial charge is 0.267 e. The Labute approximate surface area is 186 Å². The van der Waals surface area contributed by atoms with Crippen LogP contribution in [0, 0.1) is 17.0 Å². The van der Waals surface area contributed by atoms with Gasteiger partial charge in [-0.1, -0.05) is 0 Å². The fourth-order valence-electron chi connectivity index (χ4n) is 3.11. The Hall–Kier alpha value is -4.34. The third-order valence-electron chi connectivity index (χ3n) is 5.13. The number of carbonyl (C=O) groups is 3. The predicted octanol–water partition coefficient (Wildman–Crippen LogP) is 3.61. The molecular formula is C23H18F2N4O4. The molecule has 0 unspecified atom stereocenters. The summed E-state index contributed by atoms with van der Waals surface area (Å²) in [6.45, 7) is 0. The van der Waals surface area contributed by atoms with Gasteiger partial charge in [-0.05, 0) is 55.3 Å². The Bertz CT molecular complexity index is 1240. The van der Waals surface area contributed by atoms with Crippen LogP contribution in [0.2, 0.25) is 0 Å². The minimum Gasteiger partial charge on any atom is -0.457 e. The van der Waals surface area contributed by atoms with Crippen molar-refractivity contribution in [3.8, 4) is 11.5 Å². The van der Waals surface area contributed by atoms with Crippen LogP contribution in [0.3, 0.4) is 0 Å². The van der Waals surface area contributed by atoms with Gasteiger partial charge in [-0.15, -0.1) is 0 Å². The lowest BCUT2D eigenvalue weighted by Gasteiger charge is -2.16. The molecule has 1 aliphatic rings. The van der Waals surface area contributed by atoms with E-state index in [2.05, 4.69) is 15.6 Å². The van der Waals surface area contributed by atoms with Gasteiger partial charge in [0.15, 0.2) is 0 Å². The molecule has 1 aliphatic carbocycles. The fraction of sp³-hybridized carbons (Fsp3) is 0.130. The van der Waals surface area contributed by atoms with Gasteiger partial charge >= 0.3 is 0 Å². The summed E-state index contributed by atoms with van der Waals surface area (Å²) in [5, 5.41) is 5.03. The highest BCUT2D eigenvalue weighted by atomic mass is 19.1. The molecular weight excluding hydrogens is 434 g/mol. The summed E-state index contributed by atoms with van der Waals surface area (Å²) in [6, 6.07) is 11.7. The number of ether oxygens (including phenoxy) is 1. The van der Waals surface area contributed by atoms with Gasteiger partial charge in [0.1, 0.15) is 34.2 Å². The summed E-state index contributed by atoms with van der Waals surface area (Å²) in [7, 11) is 0. The van der Waals surface area contributed by atoms with Gasteiger partial charge < -0.3 is 21.1 Å². The third-order valence-corrected chi connectivity index (χ3v) is 5.13. The zero-order chi connectivity index (χ0) is 23.6. The van der Waals surface area contributed by atoms with Crippen molar-refractivity contribution in [2.75, 3.05) is 10.6 Å². The zero-order valence-corrected chi connectivity index (χ0v) is 17.1. The first-order chi connectivity index (χ1) is 15.8. The Balaban J connectivity index is 1.43. The molecule has 2 aromatic carbocycles. The van der Waals surface area contributed by atoms with E-state index in [-0.39, 0.29) is 22.9 Å². The summed E-state index contributed by atoms with van der Waals surface area (Å²) in [5.74, 6) is -2.81. The predicted molar refractivity (Wildman–Crippen MR) is 115 cm³/mol. The first-order valence-electron chi connectivity index (χ1n) is 9.88. The Morgan fingerprint density at radius 2 is 1.58 bits per heavy atom. The van der Waals surface area contributed by atoms with Crippen molar-refractivity contribution in [3.05, 3.63) is 78.1 Å². The number of rotatable bonds is 7. The van der Waals surface area contributed by atoms with E-state index in [4.69, 9.17) is 10.5 Å². The zero-order valence-electron chi connectivity index (χ0n) is 17.1. The van der Waals surface area contributed by atoms with E-state index >= 15 is 0 Å².